The zero-order valence-corrected chi connectivity index (χ0v) is 8.62. The first-order valence-corrected chi connectivity index (χ1v) is 4.94. The average Bonchev–Trinajstić information content (AvgIpc) is 2.19. The maximum absolute atomic E-state index is 3.43. The van der Waals surface area contributed by atoms with Crippen molar-refractivity contribution in [3.05, 3.63) is 59.3 Å². The molecule has 1 N–H and O–H groups in total. The first-order valence-electron chi connectivity index (χ1n) is 4.94. The van der Waals surface area contributed by atoms with Crippen LogP contribution in [-0.2, 0) is 0 Å². The predicted molar refractivity (Wildman–Crippen MR) is 60.0 cm³/mol. The maximum atomic E-state index is 3.43. The van der Waals surface area contributed by atoms with Gasteiger partial charge in [-0.15, -0.1) is 0 Å². The van der Waals surface area contributed by atoms with E-state index in [0.29, 0.717) is 6.04 Å². The molecule has 1 atom stereocenters. The zero-order chi connectivity index (χ0) is 9.97. The molecule has 1 heterocycles. The average molecular weight is 185 g/mol. The van der Waals surface area contributed by atoms with Crippen molar-refractivity contribution in [2.24, 2.45) is 0 Å². The summed E-state index contributed by atoms with van der Waals surface area (Å²) in [6, 6.07) is 8.99. The monoisotopic (exact) mass is 185 g/mol. The van der Waals surface area contributed by atoms with E-state index in [2.05, 4.69) is 61.7 Å². The molecule has 0 spiro atoms. The lowest BCUT2D eigenvalue weighted by Crippen LogP contribution is -2.19. The molecule has 0 bridgehead atoms. The maximum Gasteiger partial charge on any atom is 0.0697 e. The minimum atomic E-state index is 0.334. The van der Waals surface area contributed by atoms with Gasteiger partial charge in [0.25, 0.3) is 0 Å². The predicted octanol–water partition coefficient (Wildman–Crippen LogP) is 3.10. The number of dihydropyridines is 1. The molecular formula is C13H15N. The van der Waals surface area contributed by atoms with Gasteiger partial charge in [-0.1, -0.05) is 42.0 Å². The summed E-state index contributed by atoms with van der Waals surface area (Å²) in [5.41, 5.74) is 3.85. The van der Waals surface area contributed by atoms with Crippen molar-refractivity contribution in [2.45, 2.75) is 19.9 Å². The summed E-state index contributed by atoms with van der Waals surface area (Å²) in [7, 11) is 0. The Morgan fingerprint density at radius 2 is 1.79 bits per heavy atom. The quantitative estimate of drug-likeness (QED) is 0.709. The van der Waals surface area contributed by atoms with E-state index in [-0.39, 0.29) is 0 Å². The Bertz CT molecular complexity index is 371. The van der Waals surface area contributed by atoms with Gasteiger partial charge in [0.15, 0.2) is 0 Å². The van der Waals surface area contributed by atoms with Crippen molar-refractivity contribution >= 4 is 0 Å². The van der Waals surface area contributed by atoms with Crippen molar-refractivity contribution in [1.29, 1.82) is 0 Å². The van der Waals surface area contributed by atoms with E-state index in [4.69, 9.17) is 0 Å². The van der Waals surface area contributed by atoms with Gasteiger partial charge >= 0.3 is 0 Å². The van der Waals surface area contributed by atoms with Gasteiger partial charge in [0.2, 0.25) is 0 Å². The molecule has 0 aromatic heterocycles. The van der Waals surface area contributed by atoms with Gasteiger partial charge < -0.3 is 5.32 Å². The first kappa shape index (κ1) is 9.07. The van der Waals surface area contributed by atoms with Gasteiger partial charge in [-0.05, 0) is 25.5 Å². The fourth-order valence-electron chi connectivity index (χ4n) is 1.62. The van der Waals surface area contributed by atoms with Crippen LogP contribution >= 0.6 is 0 Å². The lowest BCUT2D eigenvalue weighted by Gasteiger charge is -2.20. The van der Waals surface area contributed by atoms with Crippen LogP contribution in [0.5, 0.6) is 0 Å². The van der Waals surface area contributed by atoms with E-state index in [0.717, 1.165) is 0 Å². The Morgan fingerprint density at radius 3 is 2.43 bits per heavy atom. The summed E-state index contributed by atoms with van der Waals surface area (Å²) in [5, 5.41) is 3.43. The zero-order valence-electron chi connectivity index (χ0n) is 8.62. The van der Waals surface area contributed by atoms with Gasteiger partial charge in [-0.25, -0.2) is 0 Å². The fraction of sp³-hybridized carbons (Fsp3) is 0.231. The molecule has 0 saturated heterocycles. The molecule has 0 fully saturated rings. The second kappa shape index (κ2) is 3.70. The lowest BCUT2D eigenvalue weighted by atomic mass is 10.0. The van der Waals surface area contributed by atoms with Crippen LogP contribution in [-0.4, -0.2) is 0 Å². The molecule has 1 aromatic rings. The highest BCUT2D eigenvalue weighted by Crippen LogP contribution is 2.19. The Labute approximate surface area is 85.2 Å². The molecule has 2 rings (SSSR count). The molecule has 1 nitrogen and oxygen atoms in total. The highest BCUT2D eigenvalue weighted by Gasteiger charge is 2.08. The van der Waals surface area contributed by atoms with Gasteiger partial charge in [0, 0.05) is 5.70 Å². The van der Waals surface area contributed by atoms with Crippen LogP contribution in [0.15, 0.2) is 48.2 Å². The van der Waals surface area contributed by atoms with E-state index < -0.39 is 0 Å². The highest BCUT2D eigenvalue weighted by molar-refractivity contribution is 5.31. The van der Waals surface area contributed by atoms with Crippen LogP contribution < -0.4 is 5.32 Å². The summed E-state index contributed by atoms with van der Waals surface area (Å²) in [5.74, 6) is 0. The third-order valence-corrected chi connectivity index (χ3v) is 2.47. The first-order chi connectivity index (χ1) is 6.75. The molecule has 1 aromatic carbocycles. The fourth-order valence-corrected chi connectivity index (χ4v) is 1.62. The van der Waals surface area contributed by atoms with E-state index in [1.165, 1.54) is 16.8 Å². The topological polar surface area (TPSA) is 12.0 Å². The molecule has 1 heteroatoms. The van der Waals surface area contributed by atoms with E-state index in [9.17, 15) is 0 Å². The molecule has 0 amide bonds. The number of hydrogen-bond acceptors (Lipinski definition) is 1. The van der Waals surface area contributed by atoms with Crippen molar-refractivity contribution in [3.63, 3.8) is 0 Å². The molecule has 72 valence electrons. The Hall–Kier alpha value is -1.50. The van der Waals surface area contributed by atoms with Crippen molar-refractivity contribution in [1.82, 2.24) is 5.32 Å². The van der Waals surface area contributed by atoms with Crippen LogP contribution in [0.1, 0.15) is 24.1 Å². The highest BCUT2D eigenvalue weighted by atomic mass is 14.9. The van der Waals surface area contributed by atoms with Crippen LogP contribution in [0.25, 0.3) is 0 Å². The molecule has 0 radical (unpaired) electrons. The van der Waals surface area contributed by atoms with Gasteiger partial charge in [-0.3, -0.25) is 0 Å². The van der Waals surface area contributed by atoms with Crippen molar-refractivity contribution < 1.29 is 0 Å². The second-order valence-electron chi connectivity index (χ2n) is 3.77. The molecular weight excluding hydrogens is 170 g/mol. The number of nitrogens with one attached hydrogen (secondary N) is 1. The van der Waals surface area contributed by atoms with E-state index >= 15 is 0 Å². The van der Waals surface area contributed by atoms with Crippen molar-refractivity contribution in [3.8, 4) is 0 Å². The third-order valence-electron chi connectivity index (χ3n) is 2.47. The number of aryl methyl sites for hydroxylation is 1. The molecule has 14 heavy (non-hydrogen) atoms. The molecule has 0 saturated carbocycles. The molecule has 1 unspecified atom stereocenters. The summed E-state index contributed by atoms with van der Waals surface area (Å²) in [6.07, 6.45) is 6.37. The third kappa shape index (κ3) is 1.87. The number of rotatable bonds is 1. The standard InChI is InChI=1S/C13H15N/c1-10-6-8-12(9-7-10)13-5-3-4-11(2)14-13/h3-9,13-14H,1-2H3. The van der Waals surface area contributed by atoms with Crippen LogP contribution in [0.2, 0.25) is 0 Å². The normalized spacial score (nSPS) is 20.1. The smallest absolute Gasteiger partial charge is 0.0697 e. The second-order valence-corrected chi connectivity index (χ2v) is 3.77. The van der Waals surface area contributed by atoms with Crippen LogP contribution in [0.3, 0.4) is 0 Å². The van der Waals surface area contributed by atoms with E-state index in [1.807, 2.05) is 0 Å². The van der Waals surface area contributed by atoms with Crippen LogP contribution in [0.4, 0.5) is 0 Å². The molecule has 1 aliphatic rings. The lowest BCUT2D eigenvalue weighted by molar-refractivity contribution is 0.704. The minimum Gasteiger partial charge on any atom is -0.378 e. The van der Waals surface area contributed by atoms with Crippen LogP contribution in [0, 0.1) is 6.92 Å². The minimum absolute atomic E-state index is 0.334. The molecule has 0 aliphatic carbocycles. The summed E-state index contributed by atoms with van der Waals surface area (Å²) >= 11 is 0. The molecule has 1 aliphatic heterocycles. The van der Waals surface area contributed by atoms with Gasteiger partial charge in [0.05, 0.1) is 6.04 Å². The largest absolute Gasteiger partial charge is 0.378 e. The van der Waals surface area contributed by atoms with Gasteiger partial charge in [0.1, 0.15) is 0 Å². The Morgan fingerprint density at radius 1 is 1.07 bits per heavy atom. The van der Waals surface area contributed by atoms with Crippen molar-refractivity contribution in [2.75, 3.05) is 0 Å². The number of benzene rings is 1. The summed E-state index contributed by atoms with van der Waals surface area (Å²) in [4.78, 5) is 0. The van der Waals surface area contributed by atoms with E-state index in [1.54, 1.807) is 0 Å². The Balaban J connectivity index is 2.21. The SMILES string of the molecule is CC1=CC=CC(c2ccc(C)cc2)N1. The number of allylic oxidation sites excluding steroid dienone is 3. The summed E-state index contributed by atoms with van der Waals surface area (Å²) in [6.45, 7) is 4.20. The summed E-state index contributed by atoms with van der Waals surface area (Å²) < 4.78 is 0. The number of hydrogen-bond donors (Lipinski definition) is 1. The Kier molecular flexibility index (Phi) is 2.40. The van der Waals surface area contributed by atoms with Gasteiger partial charge in [-0.2, -0.15) is 0 Å².